The minimum Gasteiger partial charge on any atom is -0.353 e. The van der Waals surface area contributed by atoms with Gasteiger partial charge in [-0.15, -0.1) is 11.3 Å². The van der Waals surface area contributed by atoms with E-state index in [1.165, 1.54) is 0 Å². The lowest BCUT2D eigenvalue weighted by molar-refractivity contribution is -0.124. The van der Waals surface area contributed by atoms with Crippen LogP contribution in [0, 0.1) is 0 Å². The average molecular weight is 263 g/mol. The summed E-state index contributed by atoms with van der Waals surface area (Å²) in [6, 6.07) is 3.72. The summed E-state index contributed by atoms with van der Waals surface area (Å²) in [5, 5.41) is 15.0. The molecule has 1 fully saturated rings. The fourth-order valence-electron chi connectivity index (χ4n) is 1.91. The lowest BCUT2D eigenvalue weighted by Crippen LogP contribution is -2.53. The maximum atomic E-state index is 11.6. The Morgan fingerprint density at radius 2 is 2.39 bits per heavy atom. The summed E-state index contributed by atoms with van der Waals surface area (Å²) < 4.78 is 0. The molecule has 1 aliphatic heterocycles. The Hall–Kier alpha value is -1.73. The monoisotopic (exact) mass is 263 g/mol. The fraction of sp³-hybridized carbons (Fsp3) is 0.364. The molecule has 1 atom stereocenters. The smallest absolute Gasteiger partial charge is 0.237 e. The van der Waals surface area contributed by atoms with E-state index >= 15 is 0 Å². The Morgan fingerprint density at radius 3 is 3.17 bits per heavy atom. The Labute approximate surface area is 108 Å². The van der Waals surface area contributed by atoms with Gasteiger partial charge in [0.2, 0.25) is 5.91 Å². The molecule has 1 amide bonds. The highest BCUT2D eigenvalue weighted by Crippen LogP contribution is 2.20. The minimum absolute atomic E-state index is 0.0234. The third-order valence-electron chi connectivity index (χ3n) is 2.80. The van der Waals surface area contributed by atoms with Crippen LogP contribution in [0.5, 0.6) is 0 Å². The normalized spacial score (nSPS) is 19.8. The highest BCUT2D eigenvalue weighted by Gasteiger charge is 2.23. The Morgan fingerprint density at radius 1 is 1.44 bits per heavy atom. The quantitative estimate of drug-likeness (QED) is 0.737. The number of nitrogens with zero attached hydrogens (tertiary/aromatic N) is 2. The van der Waals surface area contributed by atoms with Gasteiger partial charge in [0, 0.05) is 19.5 Å². The molecule has 2 aromatic rings. The van der Waals surface area contributed by atoms with Crippen molar-refractivity contribution < 1.29 is 4.79 Å². The number of hydrogen-bond acceptors (Lipinski definition) is 5. The first-order valence-corrected chi connectivity index (χ1v) is 6.67. The van der Waals surface area contributed by atoms with E-state index in [4.69, 9.17) is 0 Å². The number of carbonyl (C=O) groups is 1. The standard InChI is InChI=1S/C11H13N5OS/c17-11-7(12-3-4-13-11)6-9-14-10(16-15-9)8-2-1-5-18-8/h1-2,5,7,12H,3-4,6H2,(H,13,17)(H,14,15,16). The summed E-state index contributed by atoms with van der Waals surface area (Å²) >= 11 is 1.60. The molecule has 1 saturated heterocycles. The molecule has 3 rings (SSSR count). The van der Waals surface area contributed by atoms with Crippen molar-refractivity contribution in [2.24, 2.45) is 0 Å². The van der Waals surface area contributed by atoms with Crippen molar-refractivity contribution in [3.8, 4) is 10.7 Å². The Balaban J connectivity index is 1.72. The number of aromatic nitrogens is 3. The van der Waals surface area contributed by atoms with Crippen LogP contribution in [0.3, 0.4) is 0 Å². The maximum absolute atomic E-state index is 11.6. The SMILES string of the molecule is O=C1NCCNC1Cc1nc(-c2cccs2)n[nH]1. The molecule has 7 heteroatoms. The molecule has 1 unspecified atom stereocenters. The molecule has 6 nitrogen and oxygen atoms in total. The van der Waals surface area contributed by atoms with Crippen LogP contribution in [0.4, 0.5) is 0 Å². The molecule has 3 heterocycles. The number of carbonyl (C=O) groups excluding carboxylic acids is 1. The van der Waals surface area contributed by atoms with Crippen LogP contribution in [0.1, 0.15) is 5.82 Å². The van der Waals surface area contributed by atoms with Crippen LogP contribution >= 0.6 is 11.3 Å². The van der Waals surface area contributed by atoms with Crippen molar-refractivity contribution in [3.05, 3.63) is 23.3 Å². The topological polar surface area (TPSA) is 82.7 Å². The van der Waals surface area contributed by atoms with Gasteiger partial charge in [-0.1, -0.05) is 6.07 Å². The van der Waals surface area contributed by atoms with Crippen LogP contribution in [0.15, 0.2) is 17.5 Å². The number of aromatic amines is 1. The Bertz CT molecular complexity index is 535. The minimum atomic E-state index is -0.220. The fourth-order valence-corrected chi connectivity index (χ4v) is 2.57. The van der Waals surface area contributed by atoms with Gasteiger partial charge in [-0.25, -0.2) is 4.98 Å². The summed E-state index contributed by atoms with van der Waals surface area (Å²) in [6.07, 6.45) is 0.532. The van der Waals surface area contributed by atoms with Crippen LogP contribution in [0.2, 0.25) is 0 Å². The van der Waals surface area contributed by atoms with Crippen molar-refractivity contribution in [3.63, 3.8) is 0 Å². The van der Waals surface area contributed by atoms with Gasteiger partial charge in [-0.3, -0.25) is 9.89 Å². The third-order valence-corrected chi connectivity index (χ3v) is 3.67. The lowest BCUT2D eigenvalue weighted by atomic mass is 10.1. The second kappa shape index (κ2) is 4.87. The molecular formula is C11H13N5OS. The van der Waals surface area contributed by atoms with Crippen molar-refractivity contribution in [2.75, 3.05) is 13.1 Å². The van der Waals surface area contributed by atoms with Crippen LogP contribution in [-0.4, -0.2) is 40.2 Å². The first kappa shape index (κ1) is 11.4. The Kier molecular flexibility index (Phi) is 3.07. The predicted molar refractivity (Wildman–Crippen MR) is 68.2 cm³/mol. The van der Waals surface area contributed by atoms with Crippen molar-refractivity contribution in [2.45, 2.75) is 12.5 Å². The van der Waals surface area contributed by atoms with Crippen molar-refractivity contribution >= 4 is 17.2 Å². The molecule has 0 bridgehead atoms. The third kappa shape index (κ3) is 2.27. The number of hydrogen-bond donors (Lipinski definition) is 3. The number of H-pyrrole nitrogens is 1. The highest BCUT2D eigenvalue weighted by atomic mass is 32.1. The van der Waals surface area contributed by atoms with Crippen LogP contribution in [0.25, 0.3) is 10.7 Å². The van der Waals surface area contributed by atoms with E-state index in [0.29, 0.717) is 18.8 Å². The second-order valence-corrected chi connectivity index (χ2v) is 5.03. The molecule has 3 N–H and O–H groups in total. The van der Waals surface area contributed by atoms with Crippen LogP contribution in [-0.2, 0) is 11.2 Å². The molecule has 0 aromatic carbocycles. The van der Waals surface area contributed by atoms with Gasteiger partial charge in [0.05, 0.1) is 10.9 Å². The maximum Gasteiger partial charge on any atom is 0.237 e. The lowest BCUT2D eigenvalue weighted by Gasteiger charge is -2.22. The van der Waals surface area contributed by atoms with Gasteiger partial charge in [-0.05, 0) is 11.4 Å². The first-order chi connectivity index (χ1) is 8.83. The summed E-state index contributed by atoms with van der Waals surface area (Å²) in [5.74, 6) is 1.44. The van der Waals surface area contributed by atoms with E-state index in [0.717, 1.165) is 17.2 Å². The number of rotatable bonds is 3. The zero-order valence-corrected chi connectivity index (χ0v) is 10.5. The van der Waals surface area contributed by atoms with Crippen molar-refractivity contribution in [1.82, 2.24) is 25.8 Å². The van der Waals surface area contributed by atoms with E-state index in [-0.39, 0.29) is 11.9 Å². The number of thiophene rings is 1. The average Bonchev–Trinajstić information content (AvgIpc) is 3.02. The molecule has 0 saturated carbocycles. The molecule has 1 aliphatic rings. The zero-order valence-electron chi connectivity index (χ0n) is 9.64. The molecular weight excluding hydrogens is 250 g/mol. The van der Waals surface area contributed by atoms with Gasteiger partial charge < -0.3 is 10.6 Å². The second-order valence-electron chi connectivity index (χ2n) is 4.08. The zero-order chi connectivity index (χ0) is 12.4. The van der Waals surface area contributed by atoms with Gasteiger partial charge in [0.1, 0.15) is 5.82 Å². The van der Waals surface area contributed by atoms with Crippen LogP contribution < -0.4 is 10.6 Å². The number of piperazine rings is 1. The molecule has 18 heavy (non-hydrogen) atoms. The van der Waals surface area contributed by atoms with E-state index in [9.17, 15) is 4.79 Å². The molecule has 0 aliphatic carbocycles. The van der Waals surface area contributed by atoms with Gasteiger partial charge in [0.15, 0.2) is 5.82 Å². The summed E-state index contributed by atoms with van der Waals surface area (Å²) in [5.41, 5.74) is 0. The molecule has 0 spiro atoms. The van der Waals surface area contributed by atoms with E-state index in [1.807, 2.05) is 17.5 Å². The van der Waals surface area contributed by atoms with Gasteiger partial charge in [-0.2, -0.15) is 5.10 Å². The number of nitrogens with one attached hydrogen (secondary N) is 3. The number of amides is 1. The van der Waals surface area contributed by atoms with Gasteiger partial charge >= 0.3 is 0 Å². The molecule has 2 aromatic heterocycles. The molecule has 0 radical (unpaired) electrons. The van der Waals surface area contributed by atoms with Gasteiger partial charge in [0.25, 0.3) is 0 Å². The van der Waals surface area contributed by atoms with E-state index in [1.54, 1.807) is 11.3 Å². The predicted octanol–water partition coefficient (Wildman–Crippen LogP) is 0.164. The largest absolute Gasteiger partial charge is 0.353 e. The first-order valence-electron chi connectivity index (χ1n) is 5.79. The van der Waals surface area contributed by atoms with E-state index in [2.05, 4.69) is 25.8 Å². The van der Waals surface area contributed by atoms with E-state index < -0.39 is 0 Å². The summed E-state index contributed by atoms with van der Waals surface area (Å²) in [7, 11) is 0. The highest BCUT2D eigenvalue weighted by molar-refractivity contribution is 7.13. The summed E-state index contributed by atoms with van der Waals surface area (Å²) in [6.45, 7) is 1.48. The molecule has 94 valence electrons. The van der Waals surface area contributed by atoms with Crippen molar-refractivity contribution in [1.29, 1.82) is 0 Å². The summed E-state index contributed by atoms with van der Waals surface area (Å²) in [4.78, 5) is 17.0.